The second-order valence-corrected chi connectivity index (χ2v) is 8.24. The average Bonchev–Trinajstić information content (AvgIpc) is 3.07. The first-order valence-corrected chi connectivity index (χ1v) is 9.19. The molecule has 2 heterocycles. The van der Waals surface area contributed by atoms with Crippen LogP contribution in [0, 0.1) is 13.8 Å². The summed E-state index contributed by atoms with van der Waals surface area (Å²) in [6.45, 7) is 3.66. The van der Waals surface area contributed by atoms with Crippen LogP contribution in [0.1, 0.15) is 15.6 Å². The number of nitrogens with one attached hydrogen (secondary N) is 1. The van der Waals surface area contributed by atoms with Gasteiger partial charge in [0.2, 0.25) is 15.9 Å². The van der Waals surface area contributed by atoms with E-state index in [9.17, 15) is 8.42 Å². The number of fused-ring (bicyclic) bond motifs is 1. The van der Waals surface area contributed by atoms with E-state index < -0.39 is 10.0 Å². The first kappa shape index (κ1) is 16.0. The third-order valence-corrected chi connectivity index (χ3v) is 5.96. The Bertz CT molecular complexity index is 957. The van der Waals surface area contributed by atoms with Gasteiger partial charge in [0.05, 0.1) is 18.6 Å². The van der Waals surface area contributed by atoms with Gasteiger partial charge in [0.1, 0.15) is 11.3 Å². The lowest BCUT2D eigenvalue weighted by Gasteiger charge is -2.03. The summed E-state index contributed by atoms with van der Waals surface area (Å²) in [6, 6.07) is 6.91. The Labute approximate surface area is 138 Å². The van der Waals surface area contributed by atoms with Crippen LogP contribution in [0.2, 0.25) is 0 Å². The Morgan fingerprint density at radius 1 is 1.30 bits per heavy atom. The van der Waals surface area contributed by atoms with Gasteiger partial charge in [-0.2, -0.15) is 0 Å². The maximum Gasteiger partial charge on any atom is 0.242 e. The summed E-state index contributed by atoms with van der Waals surface area (Å²) in [7, 11) is -2.01. The largest absolute Gasteiger partial charge is 0.497 e. The molecule has 0 saturated carbocycles. The van der Waals surface area contributed by atoms with Gasteiger partial charge in [0.25, 0.3) is 0 Å². The van der Waals surface area contributed by atoms with Crippen molar-refractivity contribution in [1.29, 1.82) is 0 Å². The van der Waals surface area contributed by atoms with E-state index in [1.54, 1.807) is 38.3 Å². The number of nitrogens with zero attached hydrogens (tertiary/aromatic N) is 1. The molecule has 0 fully saturated rings. The van der Waals surface area contributed by atoms with Crippen LogP contribution in [0.25, 0.3) is 11.1 Å². The highest BCUT2D eigenvalue weighted by atomic mass is 32.2. The highest BCUT2D eigenvalue weighted by Gasteiger charge is 2.20. The number of hydrogen-bond acceptors (Lipinski definition) is 6. The molecule has 0 aliphatic rings. The zero-order valence-electron chi connectivity index (χ0n) is 12.9. The molecule has 1 N–H and O–H groups in total. The summed E-state index contributed by atoms with van der Waals surface area (Å²) in [4.78, 5) is 6.29. The minimum absolute atomic E-state index is 0.00629. The number of oxazole rings is 1. The molecule has 0 aliphatic carbocycles. The monoisotopic (exact) mass is 352 g/mol. The van der Waals surface area contributed by atoms with Gasteiger partial charge in [0.15, 0.2) is 5.58 Å². The topological polar surface area (TPSA) is 81.4 Å². The van der Waals surface area contributed by atoms with Crippen LogP contribution in [0.5, 0.6) is 5.75 Å². The molecule has 3 aromatic rings. The summed E-state index contributed by atoms with van der Waals surface area (Å²) >= 11 is 1.45. The summed E-state index contributed by atoms with van der Waals surface area (Å²) in [6.07, 6.45) is 0. The van der Waals surface area contributed by atoms with Crippen molar-refractivity contribution in [1.82, 2.24) is 9.71 Å². The number of hydrogen-bond donors (Lipinski definition) is 1. The van der Waals surface area contributed by atoms with Gasteiger partial charge in [-0.15, -0.1) is 11.3 Å². The second-order valence-electron chi connectivity index (χ2n) is 5.04. The Morgan fingerprint density at radius 2 is 2.09 bits per heavy atom. The molecule has 0 unspecified atom stereocenters. The van der Waals surface area contributed by atoms with Crippen molar-refractivity contribution < 1.29 is 17.6 Å². The van der Waals surface area contributed by atoms with E-state index in [1.165, 1.54) is 11.3 Å². The molecule has 3 rings (SSSR count). The van der Waals surface area contributed by atoms with Crippen LogP contribution in [0.3, 0.4) is 0 Å². The first-order chi connectivity index (χ1) is 10.9. The summed E-state index contributed by atoms with van der Waals surface area (Å²) in [5, 5.41) is 0. The van der Waals surface area contributed by atoms with Gasteiger partial charge in [-0.25, -0.2) is 18.1 Å². The summed E-state index contributed by atoms with van der Waals surface area (Å²) < 4.78 is 37.9. The predicted molar refractivity (Wildman–Crippen MR) is 88.4 cm³/mol. The minimum Gasteiger partial charge on any atom is -0.497 e. The molecule has 0 spiro atoms. The molecule has 8 heteroatoms. The Balaban J connectivity index is 1.81. The number of methoxy groups -OCH3 is 1. The van der Waals surface area contributed by atoms with Crippen LogP contribution in [0.4, 0.5) is 0 Å². The lowest BCUT2D eigenvalue weighted by Crippen LogP contribution is -2.23. The number of aryl methyl sites for hydroxylation is 2. The molecule has 0 bridgehead atoms. The van der Waals surface area contributed by atoms with Crippen LogP contribution in [-0.4, -0.2) is 20.5 Å². The predicted octanol–water partition coefficient (Wildman–Crippen LogP) is 2.99. The van der Waals surface area contributed by atoms with Gasteiger partial charge < -0.3 is 9.15 Å². The zero-order valence-corrected chi connectivity index (χ0v) is 14.5. The van der Waals surface area contributed by atoms with Crippen LogP contribution in [-0.2, 0) is 16.6 Å². The normalized spacial score (nSPS) is 12.0. The van der Waals surface area contributed by atoms with Gasteiger partial charge in [-0.1, -0.05) is 0 Å². The molecule has 0 atom stereocenters. The molecule has 0 radical (unpaired) electrons. The van der Waals surface area contributed by atoms with Crippen molar-refractivity contribution in [2.75, 3.05) is 7.11 Å². The smallest absolute Gasteiger partial charge is 0.242 e. The molecule has 0 amide bonds. The molecule has 1 aromatic carbocycles. The van der Waals surface area contributed by atoms with E-state index in [4.69, 9.17) is 9.15 Å². The van der Waals surface area contributed by atoms with Gasteiger partial charge in [0, 0.05) is 15.8 Å². The number of thiophene rings is 1. The van der Waals surface area contributed by atoms with Crippen molar-refractivity contribution in [2.45, 2.75) is 25.3 Å². The standard InChI is InChI=1S/C15H16N2O4S2/c1-9-6-14(10(2)22-9)23(18,19)16-8-15-17-12-7-11(20-3)4-5-13(12)21-15/h4-7,16H,8H2,1-3H3. The minimum atomic E-state index is -3.58. The number of aromatic nitrogens is 1. The van der Waals surface area contributed by atoms with E-state index >= 15 is 0 Å². The van der Waals surface area contributed by atoms with E-state index in [1.807, 2.05) is 6.92 Å². The van der Waals surface area contributed by atoms with Crippen molar-refractivity contribution in [3.05, 3.63) is 39.9 Å². The number of ether oxygens (including phenoxy) is 1. The first-order valence-electron chi connectivity index (χ1n) is 6.89. The lowest BCUT2D eigenvalue weighted by molar-refractivity contribution is 0.415. The Hall–Kier alpha value is -1.90. The van der Waals surface area contributed by atoms with Crippen LogP contribution in [0.15, 0.2) is 33.6 Å². The molecular formula is C15H16N2O4S2. The molecule has 122 valence electrons. The molecule has 2 aromatic heterocycles. The second kappa shape index (κ2) is 5.95. The summed E-state index contributed by atoms with van der Waals surface area (Å²) in [5.74, 6) is 0.976. The molecule has 0 saturated heterocycles. The molecule has 6 nitrogen and oxygen atoms in total. The van der Waals surface area contributed by atoms with Gasteiger partial charge in [-0.05, 0) is 32.0 Å². The van der Waals surface area contributed by atoms with Crippen molar-refractivity contribution in [3.63, 3.8) is 0 Å². The maximum absolute atomic E-state index is 12.4. The third-order valence-electron chi connectivity index (χ3n) is 3.34. The quantitative estimate of drug-likeness (QED) is 0.763. The Kier molecular flexibility index (Phi) is 4.13. The Morgan fingerprint density at radius 3 is 2.74 bits per heavy atom. The fourth-order valence-corrected chi connectivity index (χ4v) is 4.79. The highest BCUT2D eigenvalue weighted by molar-refractivity contribution is 7.89. The van der Waals surface area contributed by atoms with Crippen LogP contribution < -0.4 is 9.46 Å². The van der Waals surface area contributed by atoms with E-state index in [-0.39, 0.29) is 6.54 Å². The lowest BCUT2D eigenvalue weighted by atomic mass is 10.3. The van der Waals surface area contributed by atoms with Gasteiger partial charge >= 0.3 is 0 Å². The zero-order chi connectivity index (χ0) is 16.6. The number of rotatable bonds is 5. The average molecular weight is 352 g/mol. The number of benzene rings is 1. The van der Waals surface area contributed by atoms with E-state index in [0.29, 0.717) is 27.6 Å². The van der Waals surface area contributed by atoms with Crippen molar-refractivity contribution in [3.8, 4) is 5.75 Å². The third kappa shape index (κ3) is 3.24. The highest BCUT2D eigenvalue weighted by Crippen LogP contribution is 2.25. The molecular weight excluding hydrogens is 336 g/mol. The number of sulfonamides is 1. The fraction of sp³-hybridized carbons (Fsp3) is 0.267. The maximum atomic E-state index is 12.4. The fourth-order valence-electron chi connectivity index (χ4n) is 2.27. The molecule has 23 heavy (non-hydrogen) atoms. The summed E-state index contributed by atoms with van der Waals surface area (Å²) in [5.41, 5.74) is 1.21. The van der Waals surface area contributed by atoms with Gasteiger partial charge in [-0.3, -0.25) is 0 Å². The SMILES string of the molecule is COc1ccc2oc(CNS(=O)(=O)c3cc(C)sc3C)nc2c1. The van der Waals surface area contributed by atoms with Crippen LogP contribution >= 0.6 is 11.3 Å². The van der Waals surface area contributed by atoms with E-state index in [0.717, 1.165) is 9.75 Å². The van der Waals surface area contributed by atoms with E-state index in [2.05, 4.69) is 9.71 Å². The van der Waals surface area contributed by atoms with Crippen molar-refractivity contribution >= 4 is 32.5 Å². The molecule has 0 aliphatic heterocycles. The van der Waals surface area contributed by atoms with Crippen molar-refractivity contribution in [2.24, 2.45) is 0 Å².